The van der Waals surface area contributed by atoms with Crippen LogP contribution in [0.25, 0.3) is 0 Å². The minimum absolute atomic E-state index is 0.163. The van der Waals surface area contributed by atoms with Gasteiger partial charge in [0.1, 0.15) is 16.4 Å². The minimum Gasteiger partial charge on any atom is -0.310 e. The second kappa shape index (κ2) is 7.05. The van der Waals surface area contributed by atoms with Crippen LogP contribution in [0.3, 0.4) is 0 Å². The van der Waals surface area contributed by atoms with Crippen molar-refractivity contribution in [2.24, 2.45) is 5.92 Å². The predicted octanol–water partition coefficient (Wildman–Crippen LogP) is 2.07. The van der Waals surface area contributed by atoms with E-state index in [1.165, 1.54) is 22.0 Å². The number of hydrogen-bond donors (Lipinski definition) is 1. The van der Waals surface area contributed by atoms with Crippen LogP contribution in [-0.2, 0) is 27.7 Å². The lowest BCUT2D eigenvalue weighted by Gasteiger charge is -2.30. The normalized spacial score (nSPS) is 20.7. The molecule has 0 radical (unpaired) electrons. The van der Waals surface area contributed by atoms with Crippen LogP contribution >= 0.6 is 11.3 Å². The summed E-state index contributed by atoms with van der Waals surface area (Å²) in [6.07, 6.45) is 5.63. The van der Waals surface area contributed by atoms with Gasteiger partial charge in [-0.15, -0.1) is 11.3 Å². The first kappa shape index (κ1) is 17.6. The number of nitrogens with one attached hydrogen (secondary N) is 1. The molecule has 2 aliphatic rings. The van der Waals surface area contributed by atoms with Crippen LogP contribution in [0, 0.1) is 5.92 Å². The number of aromatic nitrogens is 2. The number of sulfonamides is 1. The Balaban J connectivity index is 1.48. The quantitative estimate of drug-likeness (QED) is 0.860. The maximum Gasteiger partial charge on any atom is 0.252 e. The van der Waals surface area contributed by atoms with E-state index in [-0.39, 0.29) is 18.4 Å². The fraction of sp³-hybridized carbons (Fsp3) is 0.471. The van der Waals surface area contributed by atoms with E-state index in [2.05, 4.69) is 15.3 Å². The topological polar surface area (TPSA) is 92.3 Å². The van der Waals surface area contributed by atoms with Crippen LogP contribution in [0.4, 0.5) is 5.82 Å². The van der Waals surface area contributed by atoms with Gasteiger partial charge in [0, 0.05) is 24.3 Å². The summed E-state index contributed by atoms with van der Waals surface area (Å²) in [6.45, 7) is 0.659. The number of aryl methyl sites for hydroxylation is 1. The van der Waals surface area contributed by atoms with Gasteiger partial charge in [-0.3, -0.25) is 4.79 Å². The maximum atomic E-state index is 12.7. The van der Waals surface area contributed by atoms with Crippen LogP contribution in [0.2, 0.25) is 0 Å². The Hall–Kier alpha value is -1.84. The Morgan fingerprint density at radius 3 is 2.96 bits per heavy atom. The van der Waals surface area contributed by atoms with Crippen molar-refractivity contribution in [3.63, 3.8) is 0 Å². The Morgan fingerprint density at radius 2 is 2.15 bits per heavy atom. The molecular weight excluding hydrogens is 372 g/mol. The highest BCUT2D eigenvalue weighted by atomic mass is 32.2. The maximum absolute atomic E-state index is 12.7. The second-order valence-electron chi connectivity index (χ2n) is 6.62. The summed E-state index contributed by atoms with van der Waals surface area (Å²) in [5.41, 5.74) is 2.01. The fourth-order valence-corrected chi connectivity index (χ4v) is 6.27. The number of nitrogens with zero attached hydrogens (tertiary/aromatic N) is 3. The van der Waals surface area contributed by atoms with Crippen LogP contribution in [-0.4, -0.2) is 41.7 Å². The zero-order valence-corrected chi connectivity index (χ0v) is 15.9. The van der Waals surface area contributed by atoms with Crippen LogP contribution < -0.4 is 5.32 Å². The molecule has 2 aromatic heterocycles. The third kappa shape index (κ3) is 3.26. The molecule has 0 unspecified atom stereocenters. The lowest BCUT2D eigenvalue weighted by molar-refractivity contribution is -0.120. The fourth-order valence-electron chi connectivity index (χ4n) is 3.60. The first-order valence-electron chi connectivity index (χ1n) is 8.73. The molecule has 0 aromatic carbocycles. The summed E-state index contributed by atoms with van der Waals surface area (Å²) in [7, 11) is -3.52. The molecular formula is C17H20N4O3S2. The molecule has 2 aromatic rings. The summed E-state index contributed by atoms with van der Waals surface area (Å²) in [4.78, 5) is 21.2. The largest absolute Gasteiger partial charge is 0.310 e. The van der Waals surface area contributed by atoms with Crippen molar-refractivity contribution in [3.8, 4) is 0 Å². The second-order valence-corrected chi connectivity index (χ2v) is 9.74. The molecule has 26 heavy (non-hydrogen) atoms. The van der Waals surface area contributed by atoms with Crippen molar-refractivity contribution in [1.82, 2.24) is 14.3 Å². The molecule has 1 N–H and O–H groups in total. The third-order valence-corrected chi connectivity index (χ3v) is 8.20. The number of amides is 1. The van der Waals surface area contributed by atoms with Gasteiger partial charge in [0.2, 0.25) is 5.91 Å². The molecule has 3 heterocycles. The molecule has 0 spiro atoms. The number of carbonyl (C=O) groups excluding carboxylic acids is 1. The number of thiophene rings is 1. The Bertz CT molecular complexity index is 912. The number of carbonyl (C=O) groups is 1. The van der Waals surface area contributed by atoms with E-state index in [1.54, 1.807) is 17.5 Å². The van der Waals surface area contributed by atoms with Gasteiger partial charge in [-0.2, -0.15) is 4.31 Å². The van der Waals surface area contributed by atoms with Gasteiger partial charge in [0.15, 0.2) is 0 Å². The minimum atomic E-state index is -3.52. The average molecular weight is 393 g/mol. The summed E-state index contributed by atoms with van der Waals surface area (Å²) in [6, 6.07) is 3.33. The molecule has 4 rings (SSSR count). The molecule has 138 valence electrons. The molecule has 1 saturated heterocycles. The van der Waals surface area contributed by atoms with Gasteiger partial charge >= 0.3 is 0 Å². The van der Waals surface area contributed by atoms with E-state index < -0.39 is 10.0 Å². The number of rotatable bonds is 4. The predicted molar refractivity (Wildman–Crippen MR) is 98.5 cm³/mol. The van der Waals surface area contributed by atoms with Crippen molar-refractivity contribution in [3.05, 3.63) is 35.1 Å². The Kier molecular flexibility index (Phi) is 4.76. The van der Waals surface area contributed by atoms with Crippen molar-refractivity contribution in [2.45, 2.75) is 36.3 Å². The van der Waals surface area contributed by atoms with Crippen molar-refractivity contribution < 1.29 is 13.2 Å². The summed E-state index contributed by atoms with van der Waals surface area (Å²) in [5, 5.41) is 4.66. The van der Waals surface area contributed by atoms with Crippen LogP contribution in [0.1, 0.15) is 30.5 Å². The number of hydrogen-bond acceptors (Lipinski definition) is 6. The monoisotopic (exact) mass is 392 g/mol. The van der Waals surface area contributed by atoms with Crippen molar-refractivity contribution >= 4 is 33.1 Å². The lowest BCUT2D eigenvalue weighted by Crippen LogP contribution is -2.43. The van der Waals surface area contributed by atoms with Gasteiger partial charge in [-0.05, 0) is 43.6 Å². The van der Waals surface area contributed by atoms with Crippen molar-refractivity contribution in [1.29, 1.82) is 0 Å². The number of piperidine rings is 1. The summed E-state index contributed by atoms with van der Waals surface area (Å²) < 4.78 is 27.2. The first-order valence-corrected chi connectivity index (χ1v) is 11.0. The van der Waals surface area contributed by atoms with E-state index >= 15 is 0 Å². The van der Waals surface area contributed by atoms with Gasteiger partial charge in [-0.1, -0.05) is 6.07 Å². The van der Waals surface area contributed by atoms with Gasteiger partial charge in [-0.25, -0.2) is 18.4 Å². The molecule has 0 saturated carbocycles. The van der Waals surface area contributed by atoms with Gasteiger partial charge < -0.3 is 5.32 Å². The lowest BCUT2D eigenvalue weighted by atomic mass is 9.99. The third-order valence-electron chi connectivity index (χ3n) is 4.96. The standard InChI is InChI=1S/C17H20N4O3S2/c22-17(20-16-13-5-1-6-14(13)18-11-19-16)12-4-2-8-21(10-12)26(23,24)15-7-3-9-25-15/h3,7,9,11-12H,1-2,4-6,8,10H2,(H,18,19,20,22)/t12-/m0/s1. The molecule has 1 aliphatic carbocycles. The zero-order chi connectivity index (χ0) is 18.1. The van der Waals surface area contributed by atoms with Crippen LogP contribution in [0.15, 0.2) is 28.0 Å². The first-order chi connectivity index (χ1) is 12.6. The summed E-state index contributed by atoms with van der Waals surface area (Å²) in [5.74, 6) is 0.0464. The molecule has 1 atom stereocenters. The van der Waals surface area contributed by atoms with Crippen molar-refractivity contribution in [2.75, 3.05) is 18.4 Å². The van der Waals surface area contributed by atoms with E-state index in [4.69, 9.17) is 0 Å². The van der Waals surface area contributed by atoms with Gasteiger partial charge in [0.05, 0.1) is 5.92 Å². The molecule has 0 bridgehead atoms. The van der Waals surface area contributed by atoms with E-state index in [9.17, 15) is 13.2 Å². The average Bonchev–Trinajstić information content (AvgIpc) is 3.34. The highest BCUT2D eigenvalue weighted by molar-refractivity contribution is 7.91. The number of fused-ring (bicyclic) bond motifs is 1. The zero-order valence-electron chi connectivity index (χ0n) is 14.2. The molecule has 7 nitrogen and oxygen atoms in total. The number of anilines is 1. The van der Waals surface area contributed by atoms with E-state index in [0.29, 0.717) is 29.4 Å². The Morgan fingerprint density at radius 1 is 1.27 bits per heavy atom. The summed E-state index contributed by atoms with van der Waals surface area (Å²) >= 11 is 1.20. The SMILES string of the molecule is O=C(Nc1ncnc2c1CCC2)[C@H]1CCCN(S(=O)(=O)c2cccs2)C1. The highest BCUT2D eigenvalue weighted by Gasteiger charge is 2.34. The molecule has 1 aliphatic heterocycles. The molecule has 9 heteroatoms. The highest BCUT2D eigenvalue weighted by Crippen LogP contribution is 2.28. The van der Waals surface area contributed by atoms with Gasteiger partial charge in [0.25, 0.3) is 10.0 Å². The van der Waals surface area contributed by atoms with E-state index in [1.807, 2.05) is 0 Å². The molecule has 1 amide bonds. The smallest absolute Gasteiger partial charge is 0.252 e. The van der Waals surface area contributed by atoms with Crippen LogP contribution in [0.5, 0.6) is 0 Å². The Labute approximate surface area is 156 Å². The van der Waals surface area contributed by atoms with E-state index in [0.717, 1.165) is 30.5 Å². The molecule has 1 fully saturated rings.